The van der Waals surface area contributed by atoms with E-state index in [1.54, 1.807) is 18.2 Å². The predicted octanol–water partition coefficient (Wildman–Crippen LogP) is 3.18. The van der Waals surface area contributed by atoms with E-state index >= 15 is 0 Å². The minimum absolute atomic E-state index is 0.0376. The summed E-state index contributed by atoms with van der Waals surface area (Å²) in [7, 11) is 0. The van der Waals surface area contributed by atoms with E-state index in [1.165, 1.54) is 0 Å². The summed E-state index contributed by atoms with van der Waals surface area (Å²) in [5, 5.41) is 6.84. The fourth-order valence-electron chi connectivity index (χ4n) is 1.29. The molecule has 1 rings (SSSR count). The average molecular weight is 275 g/mol. The zero-order valence-corrected chi connectivity index (χ0v) is 11.4. The van der Waals surface area contributed by atoms with Gasteiger partial charge in [-0.25, -0.2) is 0 Å². The minimum atomic E-state index is -0.0931. The number of benzene rings is 1. The Morgan fingerprint density at radius 1 is 1.35 bits per heavy atom. The molecule has 0 saturated heterocycles. The van der Waals surface area contributed by atoms with Gasteiger partial charge in [0.05, 0.1) is 10.0 Å². The Kier molecular flexibility index (Phi) is 5.75. The summed E-state index contributed by atoms with van der Waals surface area (Å²) in [5.74, 6) is -0.131. The van der Waals surface area contributed by atoms with E-state index in [2.05, 4.69) is 10.6 Å². The lowest BCUT2D eigenvalue weighted by Gasteiger charge is -2.12. The summed E-state index contributed by atoms with van der Waals surface area (Å²) in [4.78, 5) is 11.8. The molecule has 0 aromatic heterocycles. The second-order valence-corrected chi connectivity index (χ2v) is 4.64. The third kappa shape index (κ3) is 4.54. The zero-order valence-electron chi connectivity index (χ0n) is 9.89. The first-order valence-corrected chi connectivity index (χ1v) is 6.26. The first-order chi connectivity index (χ1) is 8.04. The van der Waals surface area contributed by atoms with E-state index in [0.717, 1.165) is 6.54 Å². The molecule has 0 spiro atoms. The second-order valence-electron chi connectivity index (χ2n) is 3.83. The van der Waals surface area contributed by atoms with Crippen LogP contribution in [0.1, 0.15) is 13.8 Å². The normalized spacial score (nSPS) is 12.2. The smallest absolute Gasteiger partial charge is 0.228 e. The van der Waals surface area contributed by atoms with Crippen molar-refractivity contribution >= 4 is 34.8 Å². The molecule has 3 nitrogen and oxygen atoms in total. The number of anilines is 1. The summed E-state index contributed by atoms with van der Waals surface area (Å²) in [6, 6.07) is 5.03. The van der Waals surface area contributed by atoms with Crippen molar-refractivity contribution in [2.75, 3.05) is 18.4 Å². The number of hydrogen-bond donors (Lipinski definition) is 2. The number of amides is 1. The van der Waals surface area contributed by atoms with Gasteiger partial charge in [0.15, 0.2) is 0 Å². The molecule has 0 radical (unpaired) electrons. The fourth-order valence-corrected chi connectivity index (χ4v) is 1.59. The van der Waals surface area contributed by atoms with Crippen molar-refractivity contribution in [3.8, 4) is 0 Å². The van der Waals surface area contributed by atoms with Crippen LogP contribution in [0.25, 0.3) is 0 Å². The van der Waals surface area contributed by atoms with Crippen molar-refractivity contribution in [3.05, 3.63) is 28.2 Å². The Bertz CT molecular complexity index is 396. The molecule has 0 saturated carbocycles. The van der Waals surface area contributed by atoms with Crippen LogP contribution in [-0.2, 0) is 4.79 Å². The van der Waals surface area contributed by atoms with Gasteiger partial charge >= 0.3 is 0 Å². The summed E-state index contributed by atoms with van der Waals surface area (Å²) >= 11 is 11.7. The van der Waals surface area contributed by atoms with E-state index in [4.69, 9.17) is 23.2 Å². The lowest BCUT2D eigenvalue weighted by molar-refractivity contribution is -0.119. The van der Waals surface area contributed by atoms with Crippen LogP contribution in [0.2, 0.25) is 10.0 Å². The van der Waals surface area contributed by atoms with Crippen molar-refractivity contribution < 1.29 is 4.79 Å². The Morgan fingerprint density at radius 2 is 2.06 bits per heavy atom. The van der Waals surface area contributed by atoms with Crippen molar-refractivity contribution in [2.24, 2.45) is 5.92 Å². The zero-order chi connectivity index (χ0) is 12.8. The van der Waals surface area contributed by atoms with E-state index in [0.29, 0.717) is 22.3 Å². The maximum atomic E-state index is 11.8. The maximum absolute atomic E-state index is 11.8. The molecule has 1 aromatic rings. The van der Waals surface area contributed by atoms with Crippen LogP contribution in [-0.4, -0.2) is 19.0 Å². The van der Waals surface area contributed by atoms with Crippen LogP contribution in [0.3, 0.4) is 0 Å². The highest BCUT2D eigenvalue weighted by Crippen LogP contribution is 2.25. The molecule has 0 aliphatic rings. The third-order valence-corrected chi connectivity index (χ3v) is 3.07. The first kappa shape index (κ1) is 14.3. The average Bonchev–Trinajstić information content (AvgIpc) is 2.30. The van der Waals surface area contributed by atoms with Crippen LogP contribution in [0, 0.1) is 5.92 Å². The Hall–Kier alpha value is -0.770. The Balaban J connectivity index is 2.58. The lowest BCUT2D eigenvalue weighted by atomic mass is 10.1. The van der Waals surface area contributed by atoms with Gasteiger partial charge < -0.3 is 10.6 Å². The fraction of sp³-hybridized carbons (Fsp3) is 0.417. The van der Waals surface area contributed by atoms with Gasteiger partial charge in [0.1, 0.15) is 0 Å². The highest BCUT2D eigenvalue weighted by Gasteiger charge is 2.12. The molecule has 1 aromatic carbocycles. The SMILES string of the molecule is CCNCC(C)C(=O)Nc1ccc(Cl)c(Cl)c1. The largest absolute Gasteiger partial charge is 0.326 e. The summed E-state index contributed by atoms with van der Waals surface area (Å²) in [6.07, 6.45) is 0. The van der Waals surface area contributed by atoms with Gasteiger partial charge in [-0.05, 0) is 24.7 Å². The summed E-state index contributed by atoms with van der Waals surface area (Å²) < 4.78 is 0. The number of hydrogen-bond acceptors (Lipinski definition) is 2. The molecule has 5 heteroatoms. The Morgan fingerprint density at radius 3 is 2.65 bits per heavy atom. The number of rotatable bonds is 5. The number of carbonyl (C=O) groups excluding carboxylic acids is 1. The van der Waals surface area contributed by atoms with Gasteiger partial charge in [-0.1, -0.05) is 37.0 Å². The number of halogens is 2. The highest BCUT2D eigenvalue weighted by molar-refractivity contribution is 6.42. The molecule has 0 fully saturated rings. The van der Waals surface area contributed by atoms with Crippen LogP contribution >= 0.6 is 23.2 Å². The minimum Gasteiger partial charge on any atom is -0.326 e. The van der Waals surface area contributed by atoms with Crippen molar-refractivity contribution in [2.45, 2.75) is 13.8 Å². The maximum Gasteiger partial charge on any atom is 0.228 e. The molecule has 0 bridgehead atoms. The summed E-state index contributed by atoms with van der Waals surface area (Å²) in [5.41, 5.74) is 0.660. The van der Waals surface area contributed by atoms with Crippen LogP contribution in [0.4, 0.5) is 5.69 Å². The topological polar surface area (TPSA) is 41.1 Å². The molecule has 2 N–H and O–H groups in total. The van der Waals surface area contributed by atoms with Gasteiger partial charge in [0.25, 0.3) is 0 Å². The van der Waals surface area contributed by atoms with Gasteiger partial charge in [-0.2, -0.15) is 0 Å². The molecule has 1 unspecified atom stereocenters. The van der Waals surface area contributed by atoms with Crippen molar-refractivity contribution in [3.63, 3.8) is 0 Å². The number of carbonyl (C=O) groups is 1. The van der Waals surface area contributed by atoms with Crippen molar-refractivity contribution in [1.82, 2.24) is 5.32 Å². The second kappa shape index (κ2) is 6.84. The molecular weight excluding hydrogens is 259 g/mol. The van der Waals surface area contributed by atoms with Crippen molar-refractivity contribution in [1.29, 1.82) is 0 Å². The standard InChI is InChI=1S/C12H16Cl2N2O/c1-3-15-7-8(2)12(17)16-9-4-5-10(13)11(14)6-9/h4-6,8,15H,3,7H2,1-2H3,(H,16,17). The lowest BCUT2D eigenvalue weighted by Crippen LogP contribution is -2.30. The molecule has 94 valence electrons. The van der Waals surface area contributed by atoms with E-state index in [-0.39, 0.29) is 11.8 Å². The van der Waals surface area contributed by atoms with Crippen LogP contribution in [0.5, 0.6) is 0 Å². The van der Waals surface area contributed by atoms with Crippen LogP contribution < -0.4 is 10.6 Å². The van der Waals surface area contributed by atoms with Crippen LogP contribution in [0.15, 0.2) is 18.2 Å². The van der Waals surface area contributed by atoms with E-state index in [1.807, 2.05) is 13.8 Å². The molecule has 0 aliphatic carbocycles. The molecule has 1 atom stereocenters. The molecular formula is C12H16Cl2N2O. The van der Waals surface area contributed by atoms with E-state index < -0.39 is 0 Å². The van der Waals surface area contributed by atoms with Gasteiger partial charge in [0, 0.05) is 18.2 Å². The molecule has 17 heavy (non-hydrogen) atoms. The monoisotopic (exact) mass is 274 g/mol. The van der Waals surface area contributed by atoms with Gasteiger partial charge in [0.2, 0.25) is 5.91 Å². The van der Waals surface area contributed by atoms with Gasteiger partial charge in [-0.3, -0.25) is 4.79 Å². The molecule has 0 aliphatic heterocycles. The van der Waals surface area contributed by atoms with Gasteiger partial charge in [-0.15, -0.1) is 0 Å². The number of nitrogens with one attached hydrogen (secondary N) is 2. The molecule has 0 heterocycles. The quantitative estimate of drug-likeness (QED) is 0.866. The summed E-state index contributed by atoms with van der Waals surface area (Å²) in [6.45, 7) is 5.38. The molecule has 1 amide bonds. The van der Waals surface area contributed by atoms with E-state index in [9.17, 15) is 4.79 Å². The Labute approximate surface area is 111 Å². The predicted molar refractivity (Wildman–Crippen MR) is 72.8 cm³/mol. The first-order valence-electron chi connectivity index (χ1n) is 5.51. The highest BCUT2D eigenvalue weighted by atomic mass is 35.5. The third-order valence-electron chi connectivity index (χ3n) is 2.34.